The number of carbonyl (C=O) groups excluding carboxylic acids is 4. The van der Waals surface area contributed by atoms with Crippen LogP contribution in [0.25, 0.3) is 11.1 Å². The summed E-state index contributed by atoms with van der Waals surface area (Å²) in [5.74, 6) is -0.937. The number of esters is 1. The van der Waals surface area contributed by atoms with Crippen LogP contribution in [0.1, 0.15) is 82.4 Å². The maximum atomic E-state index is 14.2. The van der Waals surface area contributed by atoms with Crippen molar-refractivity contribution < 1.29 is 33.1 Å². The van der Waals surface area contributed by atoms with Crippen LogP contribution in [0.4, 0.5) is 15.3 Å². The van der Waals surface area contributed by atoms with Crippen LogP contribution in [0, 0.1) is 6.92 Å². The Bertz CT molecular complexity index is 1940. The molecule has 5 heterocycles. The molecule has 59 heavy (non-hydrogen) atoms. The summed E-state index contributed by atoms with van der Waals surface area (Å²) < 4.78 is 16.7. The van der Waals surface area contributed by atoms with Crippen molar-refractivity contribution in [1.82, 2.24) is 29.5 Å². The second kappa shape index (κ2) is 20.9. The van der Waals surface area contributed by atoms with Gasteiger partial charge in [-0.2, -0.15) is 0 Å². The fourth-order valence-corrected chi connectivity index (χ4v) is 8.66. The average molecular weight is 818 g/mol. The second-order valence-corrected chi connectivity index (χ2v) is 16.2. The summed E-state index contributed by atoms with van der Waals surface area (Å²) in [4.78, 5) is 77.9. The molecule has 0 unspecified atom stereocenters. The van der Waals surface area contributed by atoms with Crippen LogP contribution < -0.4 is 11.1 Å². The Kier molecular flexibility index (Phi) is 15.5. The van der Waals surface area contributed by atoms with Crippen LogP contribution in [0.2, 0.25) is 0 Å². The van der Waals surface area contributed by atoms with Crippen LogP contribution in [0.5, 0.6) is 0 Å². The smallest absolute Gasteiger partial charge is 0.417 e. The van der Waals surface area contributed by atoms with E-state index in [4.69, 9.17) is 13.9 Å². The number of anilines is 1. The van der Waals surface area contributed by atoms with E-state index in [9.17, 15) is 24.0 Å². The molecular weight excluding hydrogens is 755 g/mol. The van der Waals surface area contributed by atoms with E-state index in [1.807, 2.05) is 49.1 Å². The van der Waals surface area contributed by atoms with E-state index in [-0.39, 0.29) is 30.4 Å². The highest BCUT2D eigenvalue weighted by Gasteiger charge is 2.36. The summed E-state index contributed by atoms with van der Waals surface area (Å²) in [5.41, 5.74) is 4.45. The van der Waals surface area contributed by atoms with Gasteiger partial charge in [-0.05, 0) is 87.4 Å². The molecular formula is C44H63N7O8. The molecule has 3 fully saturated rings. The number of nitrogens with one attached hydrogen (secondary N) is 2. The standard InChI is InChI=1S/C41H55N7O8.C3H8/c1-3-24-54-36(49)13-16-44-14-9-31(10-15-44)45-20-22-46(23-21-45)38(50)35(27-29-25-28(2)37-34(26-29)55-40(52)43-37)56-41(53)47-17-11-32(12-18-47)48-19-8-30-6-4-5-7-33(30)42-39(48)51;1-3-2/h4-7,25-26,31-32,35H,3,8-24,27H2,1-2H3,(H,42,51)(H,43,52);3H2,1-2H3/t35-;/m1./s1. The minimum Gasteiger partial charge on any atom is -0.466 e. The molecule has 4 amide bonds. The molecule has 15 nitrogen and oxygen atoms in total. The molecule has 7 rings (SSSR count). The summed E-state index contributed by atoms with van der Waals surface area (Å²) in [6.45, 7) is 15.0. The number of carbonyl (C=O) groups is 4. The molecule has 1 aromatic heterocycles. The van der Waals surface area contributed by atoms with Crippen molar-refractivity contribution in [2.75, 3.05) is 77.4 Å². The number of hydrogen-bond acceptors (Lipinski definition) is 10. The summed E-state index contributed by atoms with van der Waals surface area (Å²) >= 11 is 0. The average Bonchev–Trinajstić information content (AvgIpc) is 3.54. The summed E-state index contributed by atoms with van der Waals surface area (Å²) in [6.07, 6.45) is 4.96. The van der Waals surface area contributed by atoms with Crippen molar-refractivity contribution in [2.45, 2.75) is 104 Å². The summed E-state index contributed by atoms with van der Waals surface area (Å²) in [6, 6.07) is 11.7. The molecule has 0 aliphatic carbocycles. The molecule has 0 spiro atoms. The lowest BCUT2D eigenvalue weighted by atomic mass is 10.0. The molecule has 4 aliphatic heterocycles. The molecule has 0 radical (unpaired) electrons. The number of aromatic nitrogens is 1. The molecule has 0 saturated carbocycles. The highest BCUT2D eigenvalue weighted by molar-refractivity contribution is 5.91. The van der Waals surface area contributed by atoms with Gasteiger partial charge in [-0.1, -0.05) is 51.5 Å². The first-order valence-electron chi connectivity index (χ1n) is 21.7. The molecule has 4 aliphatic rings. The van der Waals surface area contributed by atoms with E-state index in [2.05, 4.69) is 33.9 Å². The van der Waals surface area contributed by atoms with Gasteiger partial charge in [0, 0.05) is 76.5 Å². The Morgan fingerprint density at radius 1 is 0.864 bits per heavy atom. The van der Waals surface area contributed by atoms with Gasteiger partial charge in [0.1, 0.15) is 0 Å². The van der Waals surface area contributed by atoms with Gasteiger partial charge in [-0.15, -0.1) is 0 Å². The topological polar surface area (TPSA) is 161 Å². The van der Waals surface area contributed by atoms with E-state index < -0.39 is 18.0 Å². The number of aromatic amines is 1. The predicted octanol–water partition coefficient (Wildman–Crippen LogP) is 5.40. The number of aryl methyl sites for hydroxylation is 1. The minimum atomic E-state index is -1.07. The molecule has 3 aromatic rings. The fraction of sp³-hybridized carbons (Fsp3) is 0.614. The number of urea groups is 1. The third-order valence-electron chi connectivity index (χ3n) is 11.8. The minimum absolute atomic E-state index is 0.0191. The quantitative estimate of drug-likeness (QED) is 0.240. The number of piperidine rings is 2. The number of nitrogens with zero attached hydrogens (tertiary/aromatic N) is 5. The third kappa shape index (κ3) is 11.4. The third-order valence-corrected chi connectivity index (χ3v) is 11.8. The van der Waals surface area contributed by atoms with E-state index in [1.165, 1.54) is 6.42 Å². The first kappa shape index (κ1) is 43.7. The number of fused-ring (bicyclic) bond motifs is 2. The normalized spacial score (nSPS) is 19.0. The number of H-pyrrole nitrogens is 1. The number of amides is 4. The first-order valence-corrected chi connectivity index (χ1v) is 21.7. The second-order valence-electron chi connectivity index (χ2n) is 16.2. The number of likely N-dealkylation sites (tertiary alicyclic amines) is 2. The summed E-state index contributed by atoms with van der Waals surface area (Å²) in [5, 5.41) is 3.04. The number of para-hydroxylation sites is 1. The van der Waals surface area contributed by atoms with Crippen molar-refractivity contribution in [3.05, 3.63) is 63.6 Å². The number of oxazole rings is 1. The van der Waals surface area contributed by atoms with Gasteiger partial charge in [0.2, 0.25) is 0 Å². The van der Waals surface area contributed by atoms with Gasteiger partial charge in [0.15, 0.2) is 11.7 Å². The van der Waals surface area contributed by atoms with Crippen LogP contribution >= 0.6 is 0 Å². The van der Waals surface area contributed by atoms with Gasteiger partial charge in [-0.3, -0.25) is 19.5 Å². The lowest BCUT2D eigenvalue weighted by molar-refractivity contribution is -0.144. The molecule has 2 N–H and O–H groups in total. The maximum Gasteiger partial charge on any atom is 0.417 e. The van der Waals surface area contributed by atoms with Crippen LogP contribution in [0.15, 0.2) is 45.6 Å². The summed E-state index contributed by atoms with van der Waals surface area (Å²) in [7, 11) is 0. The Morgan fingerprint density at radius 3 is 2.27 bits per heavy atom. The van der Waals surface area contributed by atoms with E-state index >= 15 is 0 Å². The number of ether oxygens (including phenoxy) is 2. The highest BCUT2D eigenvalue weighted by Crippen LogP contribution is 2.26. The first-order chi connectivity index (χ1) is 28.6. The number of benzene rings is 2. The van der Waals surface area contributed by atoms with Crippen LogP contribution in [-0.2, 0) is 31.9 Å². The Hall–Kier alpha value is -4.89. The zero-order valence-corrected chi connectivity index (χ0v) is 35.3. The number of hydrogen-bond donors (Lipinski definition) is 2. The molecule has 1 atom stereocenters. The van der Waals surface area contributed by atoms with E-state index in [0.29, 0.717) is 82.3 Å². The lowest BCUT2D eigenvalue weighted by Crippen LogP contribution is -2.56. The molecule has 3 saturated heterocycles. The van der Waals surface area contributed by atoms with Gasteiger partial charge in [0.25, 0.3) is 5.91 Å². The van der Waals surface area contributed by atoms with Crippen LogP contribution in [0.3, 0.4) is 0 Å². The van der Waals surface area contributed by atoms with Crippen LogP contribution in [-0.4, -0.2) is 144 Å². The van der Waals surface area contributed by atoms with Crippen molar-refractivity contribution in [2.24, 2.45) is 0 Å². The van der Waals surface area contributed by atoms with Gasteiger partial charge >= 0.3 is 23.8 Å². The highest BCUT2D eigenvalue weighted by atomic mass is 16.6. The number of piperazine rings is 1. The number of rotatable bonds is 11. The Labute approximate surface area is 347 Å². The van der Waals surface area contributed by atoms with Crippen molar-refractivity contribution in [3.63, 3.8) is 0 Å². The van der Waals surface area contributed by atoms with E-state index in [1.54, 1.807) is 15.9 Å². The Balaban J connectivity index is 0.00000189. The largest absolute Gasteiger partial charge is 0.466 e. The molecule has 322 valence electrons. The maximum absolute atomic E-state index is 14.2. The Morgan fingerprint density at radius 2 is 1.56 bits per heavy atom. The van der Waals surface area contributed by atoms with E-state index in [0.717, 1.165) is 74.2 Å². The van der Waals surface area contributed by atoms with Crippen molar-refractivity contribution in [3.8, 4) is 0 Å². The SMILES string of the molecule is CCC.CCCOC(=O)CCN1CCC(N2CCN(C(=O)[C@@H](Cc3cc(C)c4[nH]c(=O)oc4c3)OC(=O)N3CCC(N4CCc5ccccc5NC4=O)CC3)CC2)CC1. The molecule has 0 bridgehead atoms. The zero-order chi connectivity index (χ0) is 41.9. The fourth-order valence-electron chi connectivity index (χ4n) is 8.66. The van der Waals surface area contributed by atoms with Gasteiger partial charge in [0.05, 0.1) is 18.5 Å². The predicted molar refractivity (Wildman–Crippen MR) is 225 cm³/mol. The monoisotopic (exact) mass is 817 g/mol. The van der Waals surface area contributed by atoms with Crippen molar-refractivity contribution >= 4 is 40.8 Å². The zero-order valence-electron chi connectivity index (χ0n) is 35.3. The van der Waals surface area contributed by atoms with Gasteiger partial charge < -0.3 is 38.8 Å². The van der Waals surface area contributed by atoms with Crippen molar-refractivity contribution in [1.29, 1.82) is 0 Å². The van der Waals surface area contributed by atoms with Gasteiger partial charge in [-0.25, -0.2) is 14.4 Å². The molecule has 15 heteroatoms. The lowest BCUT2D eigenvalue weighted by Gasteiger charge is -2.43. The molecule has 2 aromatic carbocycles.